The molecule has 1 aliphatic carbocycles. The lowest BCUT2D eigenvalue weighted by atomic mass is 9.81. The predicted molar refractivity (Wildman–Crippen MR) is 71.9 cm³/mol. The lowest BCUT2D eigenvalue weighted by Crippen LogP contribution is -2.39. The van der Waals surface area contributed by atoms with Crippen molar-refractivity contribution in [2.75, 3.05) is 12.3 Å². The van der Waals surface area contributed by atoms with Crippen LogP contribution in [-0.4, -0.2) is 20.7 Å². The largest absolute Gasteiger partial charge is 0.214 e. The van der Waals surface area contributed by atoms with Gasteiger partial charge in [-0.05, 0) is 42.2 Å². The number of sulfonamides is 1. The summed E-state index contributed by atoms with van der Waals surface area (Å²) < 4.78 is 25.9. The second-order valence-corrected chi connectivity index (χ2v) is 7.60. The Hall–Kier alpha value is -0.390. The highest BCUT2D eigenvalue weighted by Crippen LogP contribution is 2.41. The van der Waals surface area contributed by atoms with Crippen molar-refractivity contribution >= 4 is 21.4 Å². The maximum Gasteiger partial charge on any atom is 0.211 e. The van der Waals surface area contributed by atoms with Gasteiger partial charge in [-0.2, -0.15) is 11.3 Å². The number of rotatable bonds is 5. The molecule has 0 saturated heterocycles. The fourth-order valence-corrected chi connectivity index (χ4v) is 4.01. The highest BCUT2D eigenvalue weighted by atomic mass is 32.2. The molecule has 1 fully saturated rings. The highest BCUT2D eigenvalue weighted by Gasteiger charge is 2.36. The van der Waals surface area contributed by atoms with E-state index in [9.17, 15) is 8.42 Å². The summed E-state index contributed by atoms with van der Waals surface area (Å²) in [6.07, 6.45) is 4.58. The lowest BCUT2D eigenvalue weighted by molar-refractivity contribution is 0.433. The average molecular weight is 273 g/mol. The molecule has 0 radical (unpaired) electrons. The fraction of sp³-hybridized carbons (Fsp3) is 0.667. The molecule has 3 nitrogen and oxygen atoms in total. The highest BCUT2D eigenvalue weighted by molar-refractivity contribution is 7.89. The molecular formula is C12H19NO2S2. The van der Waals surface area contributed by atoms with Gasteiger partial charge >= 0.3 is 0 Å². The maximum absolute atomic E-state index is 11.6. The molecule has 1 aliphatic rings. The van der Waals surface area contributed by atoms with Crippen LogP contribution in [-0.2, 0) is 15.4 Å². The zero-order valence-electron chi connectivity index (χ0n) is 10.1. The Bertz CT molecular complexity index is 445. The van der Waals surface area contributed by atoms with Gasteiger partial charge in [0.1, 0.15) is 0 Å². The maximum atomic E-state index is 11.6. The molecule has 2 rings (SSSR count). The first-order valence-electron chi connectivity index (χ1n) is 6.08. The van der Waals surface area contributed by atoms with E-state index in [0.29, 0.717) is 6.54 Å². The molecule has 0 amide bonds. The van der Waals surface area contributed by atoms with Crippen molar-refractivity contribution in [3.8, 4) is 0 Å². The Kier molecular flexibility index (Phi) is 3.90. The third kappa shape index (κ3) is 2.89. The Labute approximate surface area is 107 Å². The van der Waals surface area contributed by atoms with Gasteiger partial charge in [0, 0.05) is 12.0 Å². The normalized spacial score (nSPS) is 19.6. The standard InChI is InChI=1S/C12H19NO2S2/c1-2-17(14,15)13-10-12(6-3-4-7-12)11-5-8-16-9-11/h5,8-9,13H,2-4,6-7,10H2,1H3. The summed E-state index contributed by atoms with van der Waals surface area (Å²) in [7, 11) is -3.08. The van der Waals surface area contributed by atoms with Crippen LogP contribution in [0.25, 0.3) is 0 Å². The van der Waals surface area contributed by atoms with Crippen LogP contribution in [0.4, 0.5) is 0 Å². The van der Waals surface area contributed by atoms with Crippen molar-refractivity contribution in [3.05, 3.63) is 22.4 Å². The zero-order chi connectivity index (χ0) is 12.4. The van der Waals surface area contributed by atoms with Crippen molar-refractivity contribution in [3.63, 3.8) is 0 Å². The monoisotopic (exact) mass is 273 g/mol. The van der Waals surface area contributed by atoms with Crippen molar-refractivity contribution in [2.45, 2.75) is 38.0 Å². The van der Waals surface area contributed by atoms with Crippen LogP contribution in [0.2, 0.25) is 0 Å². The zero-order valence-corrected chi connectivity index (χ0v) is 11.7. The fourth-order valence-electron chi connectivity index (χ4n) is 2.54. The van der Waals surface area contributed by atoms with E-state index >= 15 is 0 Å². The van der Waals surface area contributed by atoms with E-state index < -0.39 is 10.0 Å². The first kappa shape index (κ1) is 13.1. The first-order chi connectivity index (χ1) is 8.08. The molecule has 5 heteroatoms. The number of hydrogen-bond donors (Lipinski definition) is 1. The molecule has 0 aliphatic heterocycles. The summed E-state index contributed by atoms with van der Waals surface area (Å²) in [4.78, 5) is 0. The summed E-state index contributed by atoms with van der Waals surface area (Å²) in [5.74, 6) is 0.159. The van der Waals surface area contributed by atoms with Gasteiger partial charge in [-0.1, -0.05) is 12.8 Å². The topological polar surface area (TPSA) is 46.2 Å². The van der Waals surface area contributed by atoms with Gasteiger partial charge in [0.05, 0.1) is 5.75 Å². The summed E-state index contributed by atoms with van der Waals surface area (Å²) in [5, 5.41) is 4.23. The molecule has 1 N–H and O–H groups in total. The number of nitrogens with one attached hydrogen (secondary N) is 1. The molecule has 1 heterocycles. The first-order valence-corrected chi connectivity index (χ1v) is 8.67. The van der Waals surface area contributed by atoms with Crippen molar-refractivity contribution in [1.29, 1.82) is 0 Å². The molecule has 0 spiro atoms. The van der Waals surface area contributed by atoms with Gasteiger partial charge in [-0.25, -0.2) is 13.1 Å². The molecule has 1 saturated carbocycles. The van der Waals surface area contributed by atoms with Crippen molar-refractivity contribution < 1.29 is 8.42 Å². The van der Waals surface area contributed by atoms with Gasteiger partial charge in [0.25, 0.3) is 0 Å². The van der Waals surface area contributed by atoms with Gasteiger partial charge in [-0.3, -0.25) is 0 Å². The second kappa shape index (κ2) is 5.08. The van der Waals surface area contributed by atoms with E-state index in [1.54, 1.807) is 18.3 Å². The van der Waals surface area contributed by atoms with Crippen molar-refractivity contribution in [1.82, 2.24) is 4.72 Å². The summed E-state index contributed by atoms with van der Waals surface area (Å²) in [5.41, 5.74) is 1.35. The van der Waals surface area contributed by atoms with E-state index in [2.05, 4.69) is 21.5 Å². The van der Waals surface area contributed by atoms with E-state index in [-0.39, 0.29) is 11.2 Å². The van der Waals surface area contributed by atoms with Gasteiger partial charge in [0.2, 0.25) is 10.0 Å². The van der Waals surface area contributed by atoms with E-state index in [1.165, 1.54) is 18.4 Å². The Balaban J connectivity index is 2.14. The minimum absolute atomic E-state index is 0.0439. The van der Waals surface area contributed by atoms with Crippen LogP contribution in [0.5, 0.6) is 0 Å². The van der Waals surface area contributed by atoms with Crippen LogP contribution in [0.1, 0.15) is 38.2 Å². The van der Waals surface area contributed by atoms with Gasteiger partial charge in [0.15, 0.2) is 0 Å². The minimum atomic E-state index is -3.08. The molecule has 96 valence electrons. The van der Waals surface area contributed by atoms with E-state index in [4.69, 9.17) is 0 Å². The third-order valence-electron chi connectivity index (χ3n) is 3.70. The van der Waals surface area contributed by atoms with E-state index in [1.807, 2.05) is 0 Å². The molecule has 0 unspecified atom stereocenters. The Morgan fingerprint density at radius 3 is 2.65 bits per heavy atom. The minimum Gasteiger partial charge on any atom is -0.214 e. The molecule has 0 bridgehead atoms. The van der Waals surface area contributed by atoms with Gasteiger partial charge in [-0.15, -0.1) is 0 Å². The van der Waals surface area contributed by atoms with Crippen LogP contribution in [0, 0.1) is 0 Å². The predicted octanol–water partition coefficient (Wildman–Crippen LogP) is 2.50. The Morgan fingerprint density at radius 2 is 2.12 bits per heavy atom. The molecule has 0 atom stereocenters. The Morgan fingerprint density at radius 1 is 1.41 bits per heavy atom. The summed E-state index contributed by atoms with van der Waals surface area (Å²) in [6, 6.07) is 2.14. The molecule has 17 heavy (non-hydrogen) atoms. The summed E-state index contributed by atoms with van der Waals surface area (Å²) in [6.45, 7) is 2.23. The third-order valence-corrected chi connectivity index (χ3v) is 5.73. The van der Waals surface area contributed by atoms with Crippen molar-refractivity contribution in [2.24, 2.45) is 0 Å². The van der Waals surface area contributed by atoms with E-state index in [0.717, 1.165) is 12.8 Å². The second-order valence-electron chi connectivity index (χ2n) is 4.72. The number of thiophene rings is 1. The molecule has 0 aromatic carbocycles. The van der Waals surface area contributed by atoms with Crippen LogP contribution in [0.3, 0.4) is 0 Å². The van der Waals surface area contributed by atoms with Gasteiger partial charge < -0.3 is 0 Å². The van der Waals surface area contributed by atoms with Crippen LogP contribution < -0.4 is 4.72 Å². The quantitative estimate of drug-likeness (QED) is 0.896. The molecule has 1 aromatic heterocycles. The van der Waals surface area contributed by atoms with Crippen LogP contribution >= 0.6 is 11.3 Å². The molecular weight excluding hydrogens is 254 g/mol. The van der Waals surface area contributed by atoms with Crippen LogP contribution in [0.15, 0.2) is 16.8 Å². The molecule has 1 aromatic rings. The lowest BCUT2D eigenvalue weighted by Gasteiger charge is -2.28. The average Bonchev–Trinajstić information content (AvgIpc) is 2.98. The smallest absolute Gasteiger partial charge is 0.211 e. The summed E-state index contributed by atoms with van der Waals surface area (Å²) >= 11 is 1.69. The number of hydrogen-bond acceptors (Lipinski definition) is 3. The SMILES string of the molecule is CCS(=O)(=O)NCC1(c2ccsc2)CCCC1.